The molecule has 2 aromatic rings. The Kier molecular flexibility index (Phi) is 9.51. The highest BCUT2D eigenvalue weighted by atomic mass is 16.2. The Hall–Kier alpha value is -3.70. The molecule has 3 aliphatic heterocycles. The van der Waals surface area contributed by atoms with Crippen LogP contribution in [0, 0.1) is 6.92 Å². The summed E-state index contributed by atoms with van der Waals surface area (Å²) in [6, 6.07) is 6.99. The minimum Gasteiger partial charge on any atom is -0.371 e. The number of aromatic nitrogens is 2. The Bertz CT molecular complexity index is 1330. The lowest BCUT2D eigenvalue weighted by Gasteiger charge is -2.43. The van der Waals surface area contributed by atoms with Gasteiger partial charge in [0.15, 0.2) is 17.3 Å². The zero-order chi connectivity index (χ0) is 30.7. The average Bonchev–Trinajstić information content (AvgIpc) is 3.01. The molecule has 0 saturated carbocycles. The van der Waals surface area contributed by atoms with Crippen LogP contribution in [0.5, 0.6) is 0 Å². The molecule has 11 nitrogen and oxygen atoms in total. The maximum atomic E-state index is 12.5. The number of nitrogens with zero attached hydrogens (tertiary/aromatic N) is 7. The van der Waals surface area contributed by atoms with Crippen LogP contribution in [0.15, 0.2) is 30.9 Å². The molecule has 1 aromatic carbocycles. The molecule has 3 saturated heterocycles. The van der Waals surface area contributed by atoms with Crippen LogP contribution in [0.2, 0.25) is 0 Å². The van der Waals surface area contributed by atoms with Crippen molar-refractivity contribution in [2.75, 3.05) is 81.1 Å². The molecular weight excluding hydrogens is 542 g/mol. The van der Waals surface area contributed by atoms with Crippen molar-refractivity contribution in [3.8, 4) is 0 Å². The van der Waals surface area contributed by atoms with Crippen LogP contribution in [0.3, 0.4) is 0 Å². The zero-order valence-electron chi connectivity index (χ0n) is 26.2. The van der Waals surface area contributed by atoms with E-state index in [1.54, 1.807) is 4.90 Å². The summed E-state index contributed by atoms with van der Waals surface area (Å²) in [6.45, 7) is 18.3. The number of hydrogen-bond acceptors (Lipinski definition) is 9. The van der Waals surface area contributed by atoms with Crippen molar-refractivity contribution in [1.82, 2.24) is 24.7 Å². The van der Waals surface area contributed by atoms with E-state index in [4.69, 9.17) is 10.7 Å². The number of anilines is 4. The average molecular weight is 590 g/mol. The van der Waals surface area contributed by atoms with Gasteiger partial charge in [0.25, 0.3) is 5.91 Å². The Morgan fingerprint density at radius 2 is 1.79 bits per heavy atom. The van der Waals surface area contributed by atoms with E-state index in [0.717, 1.165) is 31.9 Å². The fraction of sp³-hybridized carbons (Fsp3) is 0.562. The summed E-state index contributed by atoms with van der Waals surface area (Å²) in [5.41, 5.74) is 9.85. The molecule has 0 radical (unpaired) electrons. The van der Waals surface area contributed by atoms with Crippen LogP contribution < -0.4 is 20.9 Å². The number of carbonyl (C=O) groups is 2. The molecule has 3 aliphatic rings. The minimum absolute atomic E-state index is 0.0199. The molecule has 0 bridgehead atoms. The topological polar surface area (TPSA) is 114 Å². The quantitative estimate of drug-likeness (QED) is 0.449. The Labute approximate surface area is 255 Å². The lowest BCUT2D eigenvalue weighted by Crippen LogP contribution is -2.54. The van der Waals surface area contributed by atoms with Gasteiger partial charge < -0.3 is 30.7 Å². The lowest BCUT2D eigenvalue weighted by atomic mass is 10.0. The Morgan fingerprint density at radius 1 is 1.07 bits per heavy atom. The lowest BCUT2D eigenvalue weighted by molar-refractivity contribution is -0.126. The second kappa shape index (κ2) is 13.3. The van der Waals surface area contributed by atoms with E-state index in [1.807, 2.05) is 13.0 Å². The van der Waals surface area contributed by atoms with Crippen LogP contribution in [-0.4, -0.2) is 115 Å². The highest BCUT2D eigenvalue weighted by Crippen LogP contribution is 2.31. The van der Waals surface area contributed by atoms with Crippen LogP contribution >= 0.6 is 0 Å². The second-order valence-corrected chi connectivity index (χ2v) is 12.1. The van der Waals surface area contributed by atoms with Gasteiger partial charge in [-0.05, 0) is 70.0 Å². The van der Waals surface area contributed by atoms with Crippen LogP contribution in [0.25, 0.3) is 0 Å². The van der Waals surface area contributed by atoms with Crippen molar-refractivity contribution >= 4 is 34.8 Å². The number of benzene rings is 1. The van der Waals surface area contributed by atoms with Crippen molar-refractivity contribution in [2.45, 2.75) is 52.1 Å². The van der Waals surface area contributed by atoms with Crippen molar-refractivity contribution in [1.29, 1.82) is 0 Å². The first kappa shape index (κ1) is 30.7. The number of hydrogen-bond donors (Lipinski definition) is 2. The monoisotopic (exact) mass is 589 g/mol. The molecule has 5 rings (SSSR count). The van der Waals surface area contributed by atoms with Gasteiger partial charge in [-0.15, -0.1) is 0 Å². The Balaban J connectivity index is 1.31. The number of nitrogens with one attached hydrogen (secondary N) is 1. The van der Waals surface area contributed by atoms with Gasteiger partial charge in [-0.1, -0.05) is 13.5 Å². The highest BCUT2D eigenvalue weighted by Gasteiger charge is 2.30. The number of piperazine rings is 2. The maximum absolute atomic E-state index is 12.5. The number of carbonyl (C=O) groups excluding carboxylic acids is 2. The fourth-order valence-electron chi connectivity index (χ4n) is 6.67. The molecule has 0 unspecified atom stereocenters. The minimum atomic E-state index is -0.623. The van der Waals surface area contributed by atoms with E-state index >= 15 is 0 Å². The summed E-state index contributed by atoms with van der Waals surface area (Å²) in [7, 11) is 2.21. The number of rotatable bonds is 8. The molecular formula is C32H47N9O2. The Morgan fingerprint density at radius 3 is 2.40 bits per heavy atom. The van der Waals surface area contributed by atoms with Crippen molar-refractivity contribution in [2.24, 2.45) is 5.73 Å². The van der Waals surface area contributed by atoms with E-state index in [1.165, 1.54) is 43.3 Å². The van der Waals surface area contributed by atoms with Crippen LogP contribution in [0.4, 0.5) is 23.0 Å². The number of aryl methyl sites for hydroxylation is 2. The third-order valence-electron chi connectivity index (χ3n) is 9.22. The summed E-state index contributed by atoms with van der Waals surface area (Å²) < 4.78 is 0. The summed E-state index contributed by atoms with van der Waals surface area (Å²) in [5.74, 6) is 0.363. The largest absolute Gasteiger partial charge is 0.371 e. The zero-order valence-corrected chi connectivity index (χ0v) is 26.2. The molecule has 43 heavy (non-hydrogen) atoms. The molecule has 1 aromatic heterocycles. The van der Waals surface area contributed by atoms with Gasteiger partial charge in [0.05, 0.1) is 5.69 Å². The van der Waals surface area contributed by atoms with Crippen LogP contribution in [-0.2, 0) is 11.2 Å². The summed E-state index contributed by atoms with van der Waals surface area (Å²) >= 11 is 0. The van der Waals surface area contributed by atoms with E-state index in [-0.39, 0.29) is 17.6 Å². The molecule has 0 aliphatic carbocycles. The number of piperidine rings is 1. The number of nitrogens with two attached hydrogens (primary N) is 1. The van der Waals surface area contributed by atoms with Gasteiger partial charge in [0.1, 0.15) is 0 Å². The van der Waals surface area contributed by atoms with Crippen molar-refractivity contribution in [3.05, 3.63) is 47.8 Å². The molecule has 2 amide bonds. The van der Waals surface area contributed by atoms with E-state index in [0.29, 0.717) is 49.4 Å². The summed E-state index contributed by atoms with van der Waals surface area (Å²) in [5, 5.41) is 3.35. The second-order valence-electron chi connectivity index (χ2n) is 12.1. The number of likely N-dealkylation sites (N-methyl/N-ethyl adjacent to an activating group) is 1. The van der Waals surface area contributed by atoms with Gasteiger partial charge >= 0.3 is 0 Å². The third-order valence-corrected chi connectivity index (χ3v) is 9.22. The molecule has 11 heteroatoms. The maximum Gasteiger partial charge on any atom is 0.271 e. The third kappa shape index (κ3) is 6.78. The van der Waals surface area contributed by atoms with Crippen LogP contribution in [0.1, 0.15) is 48.4 Å². The first-order valence-electron chi connectivity index (χ1n) is 15.6. The predicted molar refractivity (Wildman–Crippen MR) is 172 cm³/mol. The molecule has 4 heterocycles. The first-order valence-corrected chi connectivity index (χ1v) is 15.6. The van der Waals surface area contributed by atoms with E-state index in [2.05, 4.69) is 69.5 Å². The van der Waals surface area contributed by atoms with Gasteiger partial charge in [-0.2, -0.15) is 0 Å². The molecule has 3 fully saturated rings. The van der Waals surface area contributed by atoms with Crippen molar-refractivity contribution in [3.63, 3.8) is 0 Å². The van der Waals surface area contributed by atoms with Gasteiger partial charge in [0.2, 0.25) is 5.91 Å². The van der Waals surface area contributed by atoms with E-state index in [9.17, 15) is 9.59 Å². The molecule has 3 N–H and O–H groups in total. The number of amides is 2. The SMILES string of the molecule is C=CC(=O)N1CCN(c2nc(Nc3ccc(N4CCC(N5CCN(C)CC5)CC4)c(C)c3)c(C(N)=O)nc2CC)[C@@H](C)C1. The smallest absolute Gasteiger partial charge is 0.271 e. The van der Waals surface area contributed by atoms with Gasteiger partial charge in [-0.3, -0.25) is 14.5 Å². The summed E-state index contributed by atoms with van der Waals surface area (Å²) in [4.78, 5) is 45.8. The number of primary amides is 1. The molecule has 1 atom stereocenters. The van der Waals surface area contributed by atoms with Gasteiger partial charge in [-0.25, -0.2) is 9.97 Å². The fourth-order valence-corrected chi connectivity index (χ4v) is 6.67. The van der Waals surface area contributed by atoms with Crippen molar-refractivity contribution < 1.29 is 9.59 Å². The molecule has 232 valence electrons. The summed E-state index contributed by atoms with van der Waals surface area (Å²) in [6.07, 6.45) is 4.32. The van der Waals surface area contributed by atoms with E-state index < -0.39 is 5.91 Å². The highest BCUT2D eigenvalue weighted by molar-refractivity contribution is 5.96. The normalized spacial score (nSPS) is 20.7. The predicted octanol–water partition coefficient (Wildman–Crippen LogP) is 2.63. The standard InChI is InChI=1S/C32H47N9O2/c1-6-26-32(41-19-18-40(21-23(41)4)28(42)7-2)36-31(29(35-26)30(33)43)34-24-8-9-27(22(3)20-24)39-12-10-25(11-13-39)38-16-14-37(5)15-17-38/h7-9,20,23,25H,2,6,10-19,21H2,1,3-5H3,(H2,33,43)(H,34,36)/t23-/m0/s1. The molecule has 0 spiro atoms. The van der Waals surface area contributed by atoms with Gasteiger partial charge in [0, 0.05) is 82.4 Å². The first-order chi connectivity index (χ1) is 20.7.